The third kappa shape index (κ3) is 3.88. The minimum Gasteiger partial charge on any atom is -0.493 e. The second-order valence-corrected chi connectivity index (χ2v) is 5.77. The van der Waals surface area contributed by atoms with Gasteiger partial charge in [0.25, 0.3) is 0 Å². The lowest BCUT2D eigenvalue weighted by atomic mass is 10.0. The van der Waals surface area contributed by atoms with E-state index in [9.17, 15) is 4.79 Å². The molecule has 1 aliphatic rings. The van der Waals surface area contributed by atoms with E-state index in [1.165, 1.54) is 25.5 Å². The molecule has 3 heteroatoms. The van der Waals surface area contributed by atoms with Gasteiger partial charge >= 0.3 is 5.97 Å². The lowest BCUT2D eigenvalue weighted by Gasteiger charge is -2.08. The van der Waals surface area contributed by atoms with Gasteiger partial charge in [0.15, 0.2) is 0 Å². The molecule has 0 bridgehead atoms. The highest BCUT2D eigenvalue weighted by Crippen LogP contribution is 2.29. The molecule has 3 nitrogen and oxygen atoms in total. The van der Waals surface area contributed by atoms with Gasteiger partial charge in [-0.25, -0.2) is 4.79 Å². The number of hydrogen-bond acceptors (Lipinski definition) is 3. The molecule has 1 aliphatic carbocycles. The maximum absolute atomic E-state index is 11.4. The predicted molar refractivity (Wildman–Crippen MR) is 85.2 cm³/mol. The number of hydrogen-bond donors (Lipinski definition) is 0. The van der Waals surface area contributed by atoms with Crippen LogP contribution in [0.25, 0.3) is 0 Å². The van der Waals surface area contributed by atoms with Crippen LogP contribution in [0.15, 0.2) is 48.5 Å². The maximum Gasteiger partial charge on any atom is 0.337 e. The monoisotopic (exact) mass is 296 g/mol. The topological polar surface area (TPSA) is 35.5 Å². The fourth-order valence-corrected chi connectivity index (χ4v) is 2.36. The molecule has 0 heterocycles. The maximum atomic E-state index is 11.4. The zero-order valence-corrected chi connectivity index (χ0v) is 12.7. The Morgan fingerprint density at radius 2 is 1.86 bits per heavy atom. The van der Waals surface area contributed by atoms with Gasteiger partial charge in [0.1, 0.15) is 5.75 Å². The molecule has 0 saturated heterocycles. The quantitative estimate of drug-likeness (QED) is 0.759. The smallest absolute Gasteiger partial charge is 0.337 e. The summed E-state index contributed by atoms with van der Waals surface area (Å²) in [6.45, 7) is 0.831. The average Bonchev–Trinajstić information content (AvgIpc) is 3.38. The van der Waals surface area contributed by atoms with E-state index in [0.29, 0.717) is 5.56 Å². The summed E-state index contributed by atoms with van der Waals surface area (Å²) in [5.41, 5.74) is 2.94. The number of ether oxygens (including phenoxy) is 2. The van der Waals surface area contributed by atoms with Gasteiger partial charge in [0.2, 0.25) is 0 Å². The summed E-state index contributed by atoms with van der Waals surface area (Å²) in [6.07, 6.45) is 3.42. The second-order valence-electron chi connectivity index (χ2n) is 5.77. The van der Waals surface area contributed by atoms with Crippen LogP contribution in [0.3, 0.4) is 0 Å². The van der Waals surface area contributed by atoms with Crippen LogP contribution in [0.1, 0.15) is 34.3 Å². The van der Waals surface area contributed by atoms with E-state index >= 15 is 0 Å². The summed E-state index contributed by atoms with van der Waals surface area (Å²) in [6, 6.07) is 15.7. The van der Waals surface area contributed by atoms with Gasteiger partial charge in [-0.3, -0.25) is 0 Å². The standard InChI is InChI=1S/C19H20O3/c1-21-19(20)17-9-7-14(8-10-17)11-16-3-2-4-18(12-16)22-13-15-5-6-15/h2-4,7-10,12,15H,5-6,11,13H2,1H3. The highest BCUT2D eigenvalue weighted by atomic mass is 16.5. The van der Waals surface area contributed by atoms with Crippen molar-refractivity contribution in [1.29, 1.82) is 0 Å². The number of rotatable bonds is 6. The third-order valence-electron chi connectivity index (χ3n) is 3.86. The molecular weight excluding hydrogens is 276 g/mol. The molecule has 114 valence electrons. The Hall–Kier alpha value is -2.29. The van der Waals surface area contributed by atoms with Gasteiger partial charge in [-0.2, -0.15) is 0 Å². The van der Waals surface area contributed by atoms with Crippen molar-refractivity contribution in [2.24, 2.45) is 5.92 Å². The van der Waals surface area contributed by atoms with Crippen LogP contribution in [0.4, 0.5) is 0 Å². The van der Waals surface area contributed by atoms with Crippen molar-refractivity contribution >= 4 is 5.97 Å². The van der Waals surface area contributed by atoms with E-state index in [4.69, 9.17) is 9.47 Å². The second kappa shape index (κ2) is 6.65. The molecule has 0 atom stereocenters. The van der Waals surface area contributed by atoms with E-state index in [-0.39, 0.29) is 5.97 Å². The van der Waals surface area contributed by atoms with Crippen LogP contribution in [-0.2, 0) is 11.2 Å². The van der Waals surface area contributed by atoms with Crippen molar-refractivity contribution in [2.75, 3.05) is 13.7 Å². The third-order valence-corrected chi connectivity index (χ3v) is 3.86. The number of methoxy groups -OCH3 is 1. The summed E-state index contributed by atoms with van der Waals surface area (Å²) in [5.74, 6) is 1.40. The van der Waals surface area contributed by atoms with E-state index in [2.05, 4.69) is 12.1 Å². The molecule has 2 aromatic carbocycles. The van der Waals surface area contributed by atoms with Crippen LogP contribution in [-0.4, -0.2) is 19.7 Å². The van der Waals surface area contributed by atoms with Gasteiger partial charge in [-0.15, -0.1) is 0 Å². The zero-order chi connectivity index (χ0) is 15.4. The van der Waals surface area contributed by atoms with Gasteiger partial charge in [-0.1, -0.05) is 24.3 Å². The fourth-order valence-electron chi connectivity index (χ4n) is 2.36. The molecule has 22 heavy (non-hydrogen) atoms. The molecule has 0 spiro atoms. The van der Waals surface area contributed by atoms with Crippen molar-refractivity contribution in [1.82, 2.24) is 0 Å². The van der Waals surface area contributed by atoms with Crippen LogP contribution in [0.5, 0.6) is 5.75 Å². The van der Waals surface area contributed by atoms with E-state index in [0.717, 1.165) is 30.3 Å². The SMILES string of the molecule is COC(=O)c1ccc(Cc2cccc(OCC3CC3)c2)cc1. The summed E-state index contributed by atoms with van der Waals surface area (Å²) in [5, 5.41) is 0. The molecule has 1 fully saturated rings. The molecule has 1 saturated carbocycles. The molecule has 0 aromatic heterocycles. The summed E-state index contributed by atoms with van der Waals surface area (Å²) < 4.78 is 10.5. The Balaban J connectivity index is 1.64. The lowest BCUT2D eigenvalue weighted by Crippen LogP contribution is -2.01. The first-order valence-corrected chi connectivity index (χ1v) is 7.63. The number of benzene rings is 2. The predicted octanol–water partition coefficient (Wildman–Crippen LogP) is 3.85. The minimum atomic E-state index is -0.304. The van der Waals surface area contributed by atoms with Gasteiger partial charge in [0, 0.05) is 0 Å². The highest BCUT2D eigenvalue weighted by molar-refractivity contribution is 5.89. The van der Waals surface area contributed by atoms with E-state index in [1.54, 1.807) is 12.1 Å². The Morgan fingerprint density at radius 1 is 1.09 bits per heavy atom. The van der Waals surface area contributed by atoms with Gasteiger partial charge in [-0.05, 0) is 60.6 Å². The molecular formula is C19H20O3. The lowest BCUT2D eigenvalue weighted by molar-refractivity contribution is 0.0600. The minimum absolute atomic E-state index is 0.304. The van der Waals surface area contributed by atoms with Crippen molar-refractivity contribution in [2.45, 2.75) is 19.3 Å². The first-order valence-electron chi connectivity index (χ1n) is 7.63. The first-order chi connectivity index (χ1) is 10.7. The molecule has 0 radical (unpaired) electrons. The number of carbonyl (C=O) groups excluding carboxylic acids is 1. The zero-order valence-electron chi connectivity index (χ0n) is 12.7. The fraction of sp³-hybridized carbons (Fsp3) is 0.316. The molecule has 0 unspecified atom stereocenters. The normalized spacial score (nSPS) is 13.7. The summed E-state index contributed by atoms with van der Waals surface area (Å²) >= 11 is 0. The molecule has 0 aliphatic heterocycles. The molecule has 3 rings (SSSR count). The van der Waals surface area contributed by atoms with Crippen molar-refractivity contribution < 1.29 is 14.3 Å². The Bertz CT molecular complexity index is 642. The van der Waals surface area contributed by atoms with Crippen molar-refractivity contribution in [3.63, 3.8) is 0 Å². The largest absolute Gasteiger partial charge is 0.493 e. The number of carbonyl (C=O) groups is 1. The average molecular weight is 296 g/mol. The van der Waals surface area contributed by atoms with Crippen LogP contribution < -0.4 is 4.74 Å². The van der Waals surface area contributed by atoms with Crippen LogP contribution >= 0.6 is 0 Å². The van der Waals surface area contributed by atoms with Crippen molar-refractivity contribution in [3.05, 3.63) is 65.2 Å². The Labute approximate surface area is 130 Å². The first kappa shape index (κ1) is 14.6. The molecule has 2 aromatic rings. The van der Waals surface area contributed by atoms with Crippen LogP contribution in [0, 0.1) is 5.92 Å². The Kier molecular flexibility index (Phi) is 4.42. The van der Waals surface area contributed by atoms with Crippen molar-refractivity contribution in [3.8, 4) is 5.75 Å². The van der Waals surface area contributed by atoms with E-state index < -0.39 is 0 Å². The van der Waals surface area contributed by atoms with Gasteiger partial charge < -0.3 is 9.47 Å². The summed E-state index contributed by atoms with van der Waals surface area (Å²) in [7, 11) is 1.39. The van der Waals surface area contributed by atoms with Crippen LogP contribution in [0.2, 0.25) is 0 Å². The summed E-state index contributed by atoms with van der Waals surface area (Å²) in [4.78, 5) is 11.4. The van der Waals surface area contributed by atoms with Gasteiger partial charge in [0.05, 0.1) is 19.3 Å². The number of esters is 1. The Morgan fingerprint density at radius 3 is 2.55 bits per heavy atom. The molecule has 0 amide bonds. The highest BCUT2D eigenvalue weighted by Gasteiger charge is 2.21. The molecule has 0 N–H and O–H groups in total. The van der Waals surface area contributed by atoms with E-state index in [1.807, 2.05) is 24.3 Å².